The number of hydrogen-bond acceptors (Lipinski definition) is 5. The Balaban J connectivity index is 2.06. The molecular weight excluding hydrogens is 296 g/mol. The number of rotatable bonds is 4. The Labute approximate surface area is 123 Å². The van der Waals surface area contributed by atoms with Crippen molar-refractivity contribution in [1.82, 2.24) is 9.55 Å². The van der Waals surface area contributed by atoms with Gasteiger partial charge in [0.15, 0.2) is 16.3 Å². The number of carbonyl (C=O) groups is 1. The SMILES string of the molecule is O=C(O)CCCn1c(=S)[nH]c2cc3c(cc2c1=O)OCO3. The number of nitrogens with zero attached hydrogens (tertiary/aromatic N) is 1. The van der Waals surface area contributed by atoms with Gasteiger partial charge in [0, 0.05) is 19.0 Å². The van der Waals surface area contributed by atoms with E-state index in [-0.39, 0.29) is 30.1 Å². The Bertz CT molecular complexity index is 839. The number of aromatic amines is 1. The van der Waals surface area contributed by atoms with E-state index >= 15 is 0 Å². The molecule has 0 saturated carbocycles. The molecule has 0 saturated heterocycles. The van der Waals surface area contributed by atoms with Crippen LogP contribution in [0.1, 0.15) is 12.8 Å². The van der Waals surface area contributed by atoms with Gasteiger partial charge < -0.3 is 19.6 Å². The molecule has 21 heavy (non-hydrogen) atoms. The van der Waals surface area contributed by atoms with E-state index in [2.05, 4.69) is 4.98 Å². The molecule has 0 aliphatic carbocycles. The number of carboxylic acids is 1. The number of fused-ring (bicyclic) bond motifs is 2. The first-order chi connectivity index (χ1) is 10.1. The third-order valence-electron chi connectivity index (χ3n) is 3.25. The molecule has 0 bridgehead atoms. The maximum absolute atomic E-state index is 12.5. The van der Waals surface area contributed by atoms with Gasteiger partial charge in [0.1, 0.15) is 0 Å². The summed E-state index contributed by atoms with van der Waals surface area (Å²) in [4.78, 5) is 26.0. The van der Waals surface area contributed by atoms with Crippen LogP contribution in [0.2, 0.25) is 0 Å². The van der Waals surface area contributed by atoms with Crippen molar-refractivity contribution in [2.45, 2.75) is 19.4 Å². The zero-order valence-electron chi connectivity index (χ0n) is 10.9. The molecule has 2 N–H and O–H groups in total. The maximum Gasteiger partial charge on any atom is 0.303 e. The summed E-state index contributed by atoms with van der Waals surface area (Å²) in [5.74, 6) is 0.181. The Morgan fingerprint density at radius 3 is 2.81 bits per heavy atom. The summed E-state index contributed by atoms with van der Waals surface area (Å²) in [7, 11) is 0. The van der Waals surface area contributed by atoms with E-state index in [1.807, 2.05) is 0 Å². The van der Waals surface area contributed by atoms with Crippen LogP contribution in [0.3, 0.4) is 0 Å². The molecule has 2 heterocycles. The first-order valence-corrected chi connectivity index (χ1v) is 6.75. The van der Waals surface area contributed by atoms with Crippen LogP contribution in [0, 0.1) is 4.77 Å². The largest absolute Gasteiger partial charge is 0.481 e. The standard InChI is InChI=1S/C13H12N2O5S/c16-11(17)2-1-3-15-12(18)7-4-9-10(20-6-19-9)5-8(7)14-13(15)21/h4-5H,1-3,6H2,(H,14,21)(H,16,17). The summed E-state index contributed by atoms with van der Waals surface area (Å²) in [6.07, 6.45) is 0.323. The molecule has 8 heteroatoms. The van der Waals surface area contributed by atoms with Crippen LogP contribution in [0.15, 0.2) is 16.9 Å². The lowest BCUT2D eigenvalue weighted by Crippen LogP contribution is -2.22. The highest BCUT2D eigenvalue weighted by molar-refractivity contribution is 7.71. The second kappa shape index (κ2) is 5.21. The molecular formula is C13H12N2O5S. The Morgan fingerprint density at radius 1 is 1.38 bits per heavy atom. The van der Waals surface area contributed by atoms with E-state index in [1.54, 1.807) is 12.1 Å². The lowest BCUT2D eigenvalue weighted by Gasteiger charge is -2.08. The minimum absolute atomic E-state index is 0.0135. The summed E-state index contributed by atoms with van der Waals surface area (Å²) in [6, 6.07) is 3.29. The van der Waals surface area contributed by atoms with Gasteiger partial charge >= 0.3 is 5.97 Å². The third kappa shape index (κ3) is 2.49. The molecule has 110 valence electrons. The number of benzene rings is 1. The molecule has 2 aromatic rings. The summed E-state index contributed by atoms with van der Waals surface area (Å²) in [6.45, 7) is 0.379. The average Bonchev–Trinajstić information content (AvgIpc) is 2.87. The van der Waals surface area contributed by atoms with Gasteiger partial charge in [-0.3, -0.25) is 14.2 Å². The van der Waals surface area contributed by atoms with E-state index in [4.69, 9.17) is 26.8 Å². The van der Waals surface area contributed by atoms with Gasteiger partial charge in [-0.1, -0.05) is 0 Å². The van der Waals surface area contributed by atoms with E-state index < -0.39 is 5.97 Å². The zero-order chi connectivity index (χ0) is 15.0. The molecule has 0 radical (unpaired) electrons. The van der Waals surface area contributed by atoms with Crippen LogP contribution in [0.25, 0.3) is 10.9 Å². The molecule has 0 atom stereocenters. The highest BCUT2D eigenvalue weighted by atomic mass is 32.1. The van der Waals surface area contributed by atoms with Crippen LogP contribution < -0.4 is 15.0 Å². The second-order valence-corrected chi connectivity index (χ2v) is 5.02. The minimum atomic E-state index is -0.901. The van der Waals surface area contributed by atoms with Crippen molar-refractivity contribution in [2.24, 2.45) is 0 Å². The first-order valence-electron chi connectivity index (χ1n) is 6.34. The molecule has 7 nitrogen and oxygen atoms in total. The lowest BCUT2D eigenvalue weighted by molar-refractivity contribution is -0.137. The smallest absolute Gasteiger partial charge is 0.303 e. The fourth-order valence-corrected chi connectivity index (χ4v) is 2.52. The predicted molar refractivity (Wildman–Crippen MR) is 76.4 cm³/mol. The van der Waals surface area contributed by atoms with Crippen LogP contribution in [-0.2, 0) is 11.3 Å². The number of aromatic nitrogens is 2. The Morgan fingerprint density at radius 2 is 2.10 bits per heavy atom. The van der Waals surface area contributed by atoms with Crippen molar-refractivity contribution in [3.05, 3.63) is 27.3 Å². The highest BCUT2D eigenvalue weighted by Crippen LogP contribution is 2.34. The second-order valence-electron chi connectivity index (χ2n) is 4.64. The fraction of sp³-hybridized carbons (Fsp3) is 0.308. The van der Waals surface area contributed by atoms with Gasteiger partial charge in [0.25, 0.3) is 5.56 Å². The Hall–Kier alpha value is -2.35. The van der Waals surface area contributed by atoms with Crippen molar-refractivity contribution in [2.75, 3.05) is 6.79 Å². The predicted octanol–water partition coefficient (Wildman–Crippen LogP) is 1.65. The summed E-state index contributed by atoms with van der Waals surface area (Å²) in [5.41, 5.74) is 0.307. The number of aliphatic carboxylic acids is 1. The maximum atomic E-state index is 12.5. The molecule has 0 amide bonds. The van der Waals surface area contributed by atoms with Crippen molar-refractivity contribution < 1.29 is 19.4 Å². The van der Waals surface area contributed by atoms with E-state index in [0.717, 1.165) is 0 Å². The van der Waals surface area contributed by atoms with Crippen LogP contribution >= 0.6 is 12.2 Å². The van der Waals surface area contributed by atoms with Gasteiger partial charge in [-0.15, -0.1) is 0 Å². The lowest BCUT2D eigenvalue weighted by atomic mass is 10.2. The number of hydrogen-bond donors (Lipinski definition) is 2. The highest BCUT2D eigenvalue weighted by Gasteiger charge is 2.17. The van der Waals surface area contributed by atoms with Crippen LogP contribution in [0.5, 0.6) is 11.5 Å². The van der Waals surface area contributed by atoms with E-state index in [9.17, 15) is 9.59 Å². The fourth-order valence-electron chi connectivity index (χ4n) is 2.23. The first kappa shape index (κ1) is 13.6. The van der Waals surface area contributed by atoms with Gasteiger partial charge in [-0.2, -0.15) is 0 Å². The van der Waals surface area contributed by atoms with Crippen molar-refractivity contribution in [1.29, 1.82) is 0 Å². The van der Waals surface area contributed by atoms with Crippen molar-refractivity contribution >= 4 is 29.1 Å². The van der Waals surface area contributed by atoms with Gasteiger partial charge in [-0.25, -0.2) is 0 Å². The zero-order valence-corrected chi connectivity index (χ0v) is 11.7. The molecule has 3 rings (SSSR count). The molecule has 1 aromatic carbocycles. The summed E-state index contributed by atoms with van der Waals surface area (Å²) in [5, 5.41) is 9.09. The summed E-state index contributed by atoms with van der Waals surface area (Å²) < 4.78 is 12.1. The Kier molecular flexibility index (Phi) is 3.38. The molecule has 1 aromatic heterocycles. The normalized spacial score (nSPS) is 12.8. The number of H-pyrrole nitrogens is 1. The molecule has 1 aliphatic rings. The quantitative estimate of drug-likeness (QED) is 0.834. The van der Waals surface area contributed by atoms with Gasteiger partial charge in [0.05, 0.1) is 10.9 Å². The monoisotopic (exact) mass is 308 g/mol. The molecule has 1 aliphatic heterocycles. The minimum Gasteiger partial charge on any atom is -0.481 e. The number of ether oxygens (including phenoxy) is 2. The average molecular weight is 308 g/mol. The molecule has 0 unspecified atom stereocenters. The van der Waals surface area contributed by atoms with Crippen molar-refractivity contribution in [3.63, 3.8) is 0 Å². The molecule has 0 spiro atoms. The molecule has 0 fully saturated rings. The van der Waals surface area contributed by atoms with E-state index in [0.29, 0.717) is 28.8 Å². The topological polar surface area (TPSA) is 93.6 Å². The van der Waals surface area contributed by atoms with Crippen LogP contribution in [0.4, 0.5) is 0 Å². The van der Waals surface area contributed by atoms with Gasteiger partial charge in [-0.05, 0) is 24.7 Å². The van der Waals surface area contributed by atoms with Gasteiger partial charge in [0.2, 0.25) is 6.79 Å². The number of nitrogens with one attached hydrogen (secondary N) is 1. The number of carboxylic acid groups (broad SMARTS) is 1. The van der Waals surface area contributed by atoms with Crippen molar-refractivity contribution in [3.8, 4) is 11.5 Å². The third-order valence-corrected chi connectivity index (χ3v) is 3.57. The summed E-state index contributed by atoms with van der Waals surface area (Å²) >= 11 is 5.16. The van der Waals surface area contributed by atoms with Crippen LogP contribution in [-0.4, -0.2) is 27.4 Å². The van der Waals surface area contributed by atoms with E-state index in [1.165, 1.54) is 4.57 Å².